The number of aryl methyl sites for hydroxylation is 1. The van der Waals surface area contributed by atoms with Gasteiger partial charge >= 0.3 is 0 Å². The summed E-state index contributed by atoms with van der Waals surface area (Å²) in [6.07, 6.45) is 1.92. The van der Waals surface area contributed by atoms with Crippen LogP contribution in [-0.4, -0.2) is 16.6 Å². The van der Waals surface area contributed by atoms with Crippen molar-refractivity contribution in [1.29, 1.82) is 0 Å². The van der Waals surface area contributed by atoms with E-state index in [2.05, 4.69) is 17.2 Å². The first-order chi connectivity index (χ1) is 11.1. The van der Waals surface area contributed by atoms with Crippen molar-refractivity contribution >= 4 is 11.6 Å². The second kappa shape index (κ2) is 5.30. The number of amides is 1. The third-order valence-electron chi connectivity index (χ3n) is 4.76. The fourth-order valence-corrected chi connectivity index (χ4v) is 3.72. The van der Waals surface area contributed by atoms with E-state index in [1.807, 2.05) is 12.1 Å². The molecular formula is C19H17FN2O. The highest BCUT2D eigenvalue weighted by molar-refractivity contribution is 6.06. The Morgan fingerprint density at radius 1 is 1.17 bits per heavy atom. The summed E-state index contributed by atoms with van der Waals surface area (Å²) in [7, 11) is 0. The molecule has 2 aromatic carbocycles. The second-order valence-corrected chi connectivity index (χ2v) is 6.15. The average molecular weight is 308 g/mol. The minimum absolute atomic E-state index is 0.0845. The first-order valence-corrected chi connectivity index (χ1v) is 7.87. The molecular weight excluding hydrogens is 291 g/mol. The van der Waals surface area contributed by atoms with Crippen LogP contribution in [0.2, 0.25) is 0 Å². The summed E-state index contributed by atoms with van der Waals surface area (Å²) in [5, 5.41) is 6.20. The zero-order valence-corrected chi connectivity index (χ0v) is 12.9. The largest absolute Gasteiger partial charge is 0.273 e. The molecule has 3 nitrogen and oxygen atoms in total. The van der Waals surface area contributed by atoms with Gasteiger partial charge in [0.15, 0.2) is 0 Å². The van der Waals surface area contributed by atoms with Crippen molar-refractivity contribution in [2.45, 2.75) is 25.8 Å². The summed E-state index contributed by atoms with van der Waals surface area (Å²) < 4.78 is 13.3. The third-order valence-corrected chi connectivity index (χ3v) is 4.76. The van der Waals surface area contributed by atoms with E-state index in [0.29, 0.717) is 0 Å². The predicted molar refractivity (Wildman–Crippen MR) is 86.5 cm³/mol. The van der Waals surface area contributed by atoms with Gasteiger partial charge in [0.1, 0.15) is 5.82 Å². The molecule has 4 heteroatoms. The van der Waals surface area contributed by atoms with E-state index in [1.54, 1.807) is 17.1 Å². The minimum atomic E-state index is -0.267. The van der Waals surface area contributed by atoms with Gasteiger partial charge in [-0.25, -0.2) is 9.40 Å². The van der Waals surface area contributed by atoms with Crippen molar-refractivity contribution in [2.24, 2.45) is 11.0 Å². The minimum Gasteiger partial charge on any atom is -0.273 e. The predicted octanol–water partition coefficient (Wildman–Crippen LogP) is 3.70. The standard InChI is InChI=1S/C19H17FN2O/c1-12(23)22-19(14-6-9-15(20)10-7-14)17-11-8-13-4-2-3-5-16(13)18(17)21-22/h2-7,9-10,17,19H,8,11H2,1H3/t17-,19+/m0/s1. The Morgan fingerprint density at radius 2 is 1.91 bits per heavy atom. The van der Waals surface area contributed by atoms with E-state index in [9.17, 15) is 9.18 Å². The maximum atomic E-state index is 13.3. The number of halogens is 1. The lowest BCUT2D eigenvalue weighted by atomic mass is 9.77. The molecule has 23 heavy (non-hydrogen) atoms. The number of hydrogen-bond acceptors (Lipinski definition) is 2. The Morgan fingerprint density at radius 3 is 2.65 bits per heavy atom. The summed E-state index contributed by atoms with van der Waals surface area (Å²) in [4.78, 5) is 12.1. The summed E-state index contributed by atoms with van der Waals surface area (Å²) >= 11 is 0. The Bertz CT molecular complexity index is 797. The van der Waals surface area contributed by atoms with Crippen LogP contribution < -0.4 is 0 Å². The zero-order chi connectivity index (χ0) is 16.0. The highest BCUT2D eigenvalue weighted by Crippen LogP contribution is 2.43. The molecule has 116 valence electrons. The van der Waals surface area contributed by atoms with Gasteiger partial charge in [0, 0.05) is 18.4 Å². The Kier molecular flexibility index (Phi) is 3.26. The first-order valence-electron chi connectivity index (χ1n) is 7.87. The Labute approximate surface area is 134 Å². The van der Waals surface area contributed by atoms with Crippen molar-refractivity contribution in [3.05, 3.63) is 71.0 Å². The van der Waals surface area contributed by atoms with Gasteiger partial charge in [-0.15, -0.1) is 0 Å². The number of hydrogen-bond donors (Lipinski definition) is 0. The van der Waals surface area contributed by atoms with E-state index in [-0.39, 0.29) is 23.7 Å². The topological polar surface area (TPSA) is 32.7 Å². The van der Waals surface area contributed by atoms with Crippen LogP contribution in [0.15, 0.2) is 53.6 Å². The molecule has 0 aromatic heterocycles. The lowest BCUT2D eigenvalue weighted by molar-refractivity contribution is -0.131. The molecule has 0 fully saturated rings. The van der Waals surface area contributed by atoms with E-state index < -0.39 is 0 Å². The average Bonchev–Trinajstić information content (AvgIpc) is 2.96. The highest BCUT2D eigenvalue weighted by Gasteiger charge is 2.42. The highest BCUT2D eigenvalue weighted by atomic mass is 19.1. The summed E-state index contributed by atoms with van der Waals surface area (Å²) in [5.74, 6) is -0.186. The molecule has 4 rings (SSSR count). The molecule has 0 spiro atoms. The molecule has 1 aliphatic heterocycles. The molecule has 1 amide bonds. The van der Waals surface area contributed by atoms with Gasteiger partial charge in [0.25, 0.3) is 0 Å². The van der Waals surface area contributed by atoms with Crippen LogP contribution in [0.1, 0.15) is 36.1 Å². The molecule has 2 atom stereocenters. The maximum absolute atomic E-state index is 13.3. The van der Waals surface area contributed by atoms with Crippen LogP contribution in [0.3, 0.4) is 0 Å². The van der Waals surface area contributed by atoms with Gasteiger partial charge in [-0.2, -0.15) is 5.10 Å². The number of hydrazone groups is 1. The van der Waals surface area contributed by atoms with Crippen molar-refractivity contribution in [3.8, 4) is 0 Å². The fourth-order valence-electron chi connectivity index (χ4n) is 3.72. The van der Waals surface area contributed by atoms with Crippen LogP contribution in [0.25, 0.3) is 0 Å². The summed E-state index contributed by atoms with van der Waals surface area (Å²) in [5.41, 5.74) is 4.34. The number of rotatable bonds is 1. The number of carbonyl (C=O) groups is 1. The molecule has 0 bridgehead atoms. The van der Waals surface area contributed by atoms with Gasteiger partial charge in [-0.05, 0) is 36.1 Å². The van der Waals surface area contributed by atoms with E-state index in [1.165, 1.54) is 24.6 Å². The van der Waals surface area contributed by atoms with Crippen molar-refractivity contribution in [3.63, 3.8) is 0 Å². The van der Waals surface area contributed by atoms with E-state index >= 15 is 0 Å². The lowest BCUT2D eigenvalue weighted by Crippen LogP contribution is -2.31. The number of carbonyl (C=O) groups excluding carboxylic acids is 1. The molecule has 0 saturated carbocycles. The first kappa shape index (κ1) is 14.1. The van der Waals surface area contributed by atoms with Crippen LogP contribution in [-0.2, 0) is 11.2 Å². The molecule has 1 aliphatic carbocycles. The van der Waals surface area contributed by atoms with E-state index in [0.717, 1.165) is 29.7 Å². The molecule has 0 saturated heterocycles. The quantitative estimate of drug-likeness (QED) is 0.790. The molecule has 1 heterocycles. The van der Waals surface area contributed by atoms with Crippen molar-refractivity contribution in [1.82, 2.24) is 5.01 Å². The Balaban J connectivity index is 1.80. The van der Waals surface area contributed by atoms with Gasteiger partial charge in [0.05, 0.1) is 11.8 Å². The molecule has 0 unspecified atom stereocenters. The summed E-state index contributed by atoms with van der Waals surface area (Å²) in [6.45, 7) is 1.53. The van der Waals surface area contributed by atoms with E-state index in [4.69, 9.17) is 0 Å². The second-order valence-electron chi connectivity index (χ2n) is 6.15. The maximum Gasteiger partial charge on any atom is 0.240 e. The summed E-state index contributed by atoms with van der Waals surface area (Å²) in [6, 6.07) is 14.5. The third kappa shape index (κ3) is 2.25. The SMILES string of the molecule is CC(=O)N1N=C2c3ccccc3CC[C@@H]2[C@H]1c1ccc(F)cc1. The number of fused-ring (bicyclic) bond motifs is 3. The van der Waals surface area contributed by atoms with Crippen LogP contribution in [0, 0.1) is 11.7 Å². The van der Waals surface area contributed by atoms with Gasteiger partial charge in [-0.3, -0.25) is 4.79 Å². The smallest absolute Gasteiger partial charge is 0.240 e. The van der Waals surface area contributed by atoms with Crippen molar-refractivity contribution in [2.75, 3.05) is 0 Å². The molecule has 2 aliphatic rings. The van der Waals surface area contributed by atoms with Crippen molar-refractivity contribution < 1.29 is 9.18 Å². The van der Waals surface area contributed by atoms with Crippen LogP contribution >= 0.6 is 0 Å². The monoisotopic (exact) mass is 308 g/mol. The molecule has 0 radical (unpaired) electrons. The zero-order valence-electron chi connectivity index (χ0n) is 12.9. The number of nitrogens with zero attached hydrogens (tertiary/aromatic N) is 2. The van der Waals surface area contributed by atoms with Gasteiger partial charge in [0.2, 0.25) is 5.91 Å². The molecule has 0 N–H and O–H groups in total. The lowest BCUT2D eigenvalue weighted by Gasteiger charge is -2.29. The number of benzene rings is 2. The normalized spacial score (nSPS) is 22.3. The van der Waals surface area contributed by atoms with Crippen LogP contribution in [0.5, 0.6) is 0 Å². The van der Waals surface area contributed by atoms with Crippen LogP contribution in [0.4, 0.5) is 4.39 Å². The molecule has 2 aromatic rings. The fraction of sp³-hybridized carbons (Fsp3) is 0.263. The Hall–Kier alpha value is -2.49. The van der Waals surface area contributed by atoms with Gasteiger partial charge in [-0.1, -0.05) is 36.4 Å². The van der Waals surface area contributed by atoms with Gasteiger partial charge < -0.3 is 0 Å².